The Morgan fingerprint density at radius 1 is 1.24 bits per heavy atom. The molecule has 1 aliphatic heterocycles. The summed E-state index contributed by atoms with van der Waals surface area (Å²) in [7, 11) is 0. The van der Waals surface area contributed by atoms with E-state index in [-0.39, 0.29) is 11.4 Å². The molecule has 3 heterocycles. The van der Waals surface area contributed by atoms with Gasteiger partial charge in [0.05, 0.1) is 17.3 Å². The summed E-state index contributed by atoms with van der Waals surface area (Å²) in [4.78, 5) is 24.8. The maximum Gasteiger partial charge on any atom is 0.253 e. The van der Waals surface area contributed by atoms with Crippen LogP contribution in [0.25, 0.3) is 22.3 Å². The average Bonchev–Trinajstić information content (AvgIpc) is 3.17. The number of hydrogen-bond acceptors (Lipinski definition) is 4. The third-order valence-electron chi connectivity index (χ3n) is 5.10. The molecule has 6 nitrogen and oxygen atoms in total. The van der Waals surface area contributed by atoms with Crippen molar-refractivity contribution in [3.63, 3.8) is 0 Å². The van der Waals surface area contributed by atoms with Gasteiger partial charge < -0.3 is 15.6 Å². The van der Waals surface area contributed by atoms with Crippen molar-refractivity contribution in [2.24, 2.45) is 0 Å². The monoisotopic (exact) mass is 333 g/mol. The van der Waals surface area contributed by atoms with Crippen LogP contribution in [0.4, 0.5) is 5.82 Å². The van der Waals surface area contributed by atoms with Crippen molar-refractivity contribution in [2.75, 3.05) is 11.9 Å². The molecule has 0 saturated heterocycles. The van der Waals surface area contributed by atoms with E-state index in [1.54, 1.807) is 6.20 Å². The zero-order valence-electron chi connectivity index (χ0n) is 14.0. The van der Waals surface area contributed by atoms with Crippen LogP contribution < -0.4 is 10.6 Å². The van der Waals surface area contributed by atoms with Gasteiger partial charge in [-0.15, -0.1) is 0 Å². The largest absolute Gasteiger partial charge is 0.364 e. The smallest absolute Gasteiger partial charge is 0.253 e. The Labute approximate surface area is 145 Å². The normalized spacial score (nSPS) is 17.9. The molecule has 0 bridgehead atoms. The minimum Gasteiger partial charge on any atom is -0.364 e. The molecule has 6 heteroatoms. The van der Waals surface area contributed by atoms with Gasteiger partial charge in [0.1, 0.15) is 11.3 Å². The first kappa shape index (κ1) is 14.5. The predicted molar refractivity (Wildman–Crippen MR) is 96.6 cm³/mol. The van der Waals surface area contributed by atoms with Crippen molar-refractivity contribution in [1.82, 2.24) is 20.3 Å². The van der Waals surface area contributed by atoms with Crippen LogP contribution in [0.3, 0.4) is 0 Å². The number of aromatic nitrogens is 3. The second kappa shape index (κ2) is 5.05. The number of hydrogen-bond donors (Lipinski definition) is 3. The number of fused-ring (bicyclic) bond motifs is 2. The Kier molecular flexibility index (Phi) is 2.92. The summed E-state index contributed by atoms with van der Waals surface area (Å²) in [5.74, 6) is 0.785. The van der Waals surface area contributed by atoms with E-state index >= 15 is 0 Å². The van der Waals surface area contributed by atoms with E-state index in [4.69, 9.17) is 4.98 Å². The molecule has 1 aliphatic carbocycles. The van der Waals surface area contributed by atoms with Gasteiger partial charge in [0.2, 0.25) is 0 Å². The Morgan fingerprint density at radius 2 is 2.12 bits per heavy atom. The molecule has 0 spiro atoms. The molecule has 0 unspecified atom stereocenters. The second-order valence-corrected chi connectivity index (χ2v) is 7.20. The molecule has 1 aromatic carbocycles. The topological polar surface area (TPSA) is 82.7 Å². The van der Waals surface area contributed by atoms with E-state index in [0.29, 0.717) is 6.54 Å². The first-order chi connectivity index (χ1) is 12.1. The number of H-pyrrole nitrogens is 1. The van der Waals surface area contributed by atoms with Crippen molar-refractivity contribution in [3.8, 4) is 11.3 Å². The van der Waals surface area contributed by atoms with E-state index < -0.39 is 0 Å². The number of anilines is 1. The maximum atomic E-state index is 12.0. The number of nitrogens with zero attached hydrogens (tertiary/aromatic N) is 2. The molecular weight excluding hydrogens is 314 g/mol. The number of rotatable bonds is 3. The quantitative estimate of drug-likeness (QED) is 0.688. The lowest BCUT2D eigenvalue weighted by Gasteiger charge is -2.13. The van der Waals surface area contributed by atoms with E-state index in [1.165, 1.54) is 0 Å². The number of carbonyl (C=O) groups is 1. The van der Waals surface area contributed by atoms with Gasteiger partial charge in [-0.2, -0.15) is 0 Å². The Bertz CT molecular complexity index is 1000. The van der Waals surface area contributed by atoms with Crippen molar-refractivity contribution in [1.29, 1.82) is 0 Å². The average molecular weight is 333 g/mol. The summed E-state index contributed by atoms with van der Waals surface area (Å²) < 4.78 is 0. The molecule has 3 aromatic rings. The van der Waals surface area contributed by atoms with Crippen LogP contribution in [-0.4, -0.2) is 32.9 Å². The molecule has 1 amide bonds. The fourth-order valence-electron chi connectivity index (χ4n) is 3.37. The van der Waals surface area contributed by atoms with Gasteiger partial charge in [0, 0.05) is 35.5 Å². The summed E-state index contributed by atoms with van der Waals surface area (Å²) in [6.45, 7) is 2.87. The fraction of sp³-hybridized carbons (Fsp3) is 0.316. The van der Waals surface area contributed by atoms with E-state index in [0.717, 1.165) is 58.6 Å². The van der Waals surface area contributed by atoms with E-state index in [9.17, 15) is 4.79 Å². The highest BCUT2D eigenvalue weighted by Gasteiger charge is 2.37. The molecule has 0 atom stereocenters. The number of aromatic amines is 1. The molecular formula is C19H19N5O. The number of carbonyl (C=O) groups excluding carboxylic acids is 1. The van der Waals surface area contributed by atoms with Crippen LogP contribution in [0, 0.1) is 0 Å². The number of para-hydroxylation sites is 1. The highest BCUT2D eigenvalue weighted by Crippen LogP contribution is 2.38. The SMILES string of the molecule is CC1(Nc2cnc3cccc(-c4cc5c([nH]4)CCNC5=O)c3n2)CC1. The van der Waals surface area contributed by atoms with Gasteiger partial charge in [-0.1, -0.05) is 12.1 Å². The molecule has 1 fully saturated rings. The van der Waals surface area contributed by atoms with Crippen LogP contribution in [0.1, 0.15) is 35.8 Å². The van der Waals surface area contributed by atoms with Crippen LogP contribution in [0.5, 0.6) is 0 Å². The lowest BCUT2D eigenvalue weighted by Crippen LogP contribution is -2.31. The third kappa shape index (κ3) is 2.45. The first-order valence-corrected chi connectivity index (χ1v) is 8.66. The molecule has 25 heavy (non-hydrogen) atoms. The van der Waals surface area contributed by atoms with E-state index in [1.807, 2.05) is 24.3 Å². The zero-order chi connectivity index (χ0) is 17.0. The van der Waals surface area contributed by atoms with Gasteiger partial charge in [0.25, 0.3) is 5.91 Å². The predicted octanol–water partition coefficient (Wildman–Crippen LogP) is 2.88. The lowest BCUT2D eigenvalue weighted by atomic mass is 10.1. The highest BCUT2D eigenvalue weighted by atomic mass is 16.1. The summed E-state index contributed by atoms with van der Waals surface area (Å²) in [5, 5.41) is 6.36. The van der Waals surface area contributed by atoms with Gasteiger partial charge in [0.15, 0.2) is 0 Å². The molecule has 0 radical (unpaired) electrons. The molecule has 2 aromatic heterocycles. The second-order valence-electron chi connectivity index (χ2n) is 7.20. The minimum absolute atomic E-state index is 0.0147. The summed E-state index contributed by atoms with van der Waals surface area (Å²) >= 11 is 0. The molecule has 3 N–H and O–H groups in total. The standard InChI is InChI=1S/C19H19N5O/c1-19(6-7-19)24-16-10-21-14-4-2-3-11(17(14)23-16)15-9-12-13(22-15)5-8-20-18(12)25/h2-4,9-10,22H,5-8H2,1H3,(H,20,25)(H,23,24). The molecule has 1 saturated carbocycles. The van der Waals surface area contributed by atoms with Gasteiger partial charge in [-0.3, -0.25) is 9.78 Å². The van der Waals surface area contributed by atoms with Gasteiger partial charge >= 0.3 is 0 Å². The van der Waals surface area contributed by atoms with Crippen molar-refractivity contribution < 1.29 is 4.79 Å². The van der Waals surface area contributed by atoms with Crippen molar-refractivity contribution in [3.05, 3.63) is 41.7 Å². The number of nitrogens with one attached hydrogen (secondary N) is 3. The Morgan fingerprint density at radius 3 is 2.92 bits per heavy atom. The summed E-state index contributed by atoms with van der Waals surface area (Å²) in [6, 6.07) is 7.88. The maximum absolute atomic E-state index is 12.0. The Hall–Kier alpha value is -2.89. The minimum atomic E-state index is -0.0147. The molecule has 5 rings (SSSR count). The summed E-state index contributed by atoms with van der Waals surface area (Å²) in [6.07, 6.45) is 4.94. The molecule has 2 aliphatic rings. The third-order valence-corrected chi connectivity index (χ3v) is 5.10. The van der Waals surface area contributed by atoms with Crippen LogP contribution in [-0.2, 0) is 6.42 Å². The fourth-order valence-corrected chi connectivity index (χ4v) is 3.37. The van der Waals surface area contributed by atoms with Gasteiger partial charge in [-0.05, 0) is 31.9 Å². The van der Waals surface area contributed by atoms with Gasteiger partial charge in [-0.25, -0.2) is 4.98 Å². The van der Waals surface area contributed by atoms with Crippen LogP contribution in [0.15, 0.2) is 30.5 Å². The van der Waals surface area contributed by atoms with Crippen molar-refractivity contribution in [2.45, 2.75) is 31.7 Å². The zero-order valence-corrected chi connectivity index (χ0v) is 14.0. The van der Waals surface area contributed by atoms with Crippen molar-refractivity contribution >= 4 is 22.8 Å². The number of amides is 1. The first-order valence-electron chi connectivity index (χ1n) is 8.66. The highest BCUT2D eigenvalue weighted by molar-refractivity contribution is 5.99. The number of benzene rings is 1. The summed E-state index contributed by atoms with van der Waals surface area (Å²) in [5.41, 5.74) is 5.45. The Balaban J connectivity index is 1.63. The lowest BCUT2D eigenvalue weighted by molar-refractivity contribution is 0.0946. The van der Waals surface area contributed by atoms with Crippen LogP contribution in [0.2, 0.25) is 0 Å². The van der Waals surface area contributed by atoms with E-state index in [2.05, 4.69) is 27.5 Å². The molecule has 126 valence electrons. The van der Waals surface area contributed by atoms with Crippen LogP contribution >= 0.6 is 0 Å².